The van der Waals surface area contributed by atoms with E-state index >= 15 is 0 Å². The van der Waals surface area contributed by atoms with Gasteiger partial charge in [0.05, 0.1) is 35.7 Å². The number of fused-ring (bicyclic) bond motifs is 4. The van der Waals surface area contributed by atoms with Crippen LogP contribution in [-0.4, -0.2) is 44.2 Å². The SMILES string of the molecule is CC(C(=O)N1CCC(C(=O)CC2c3ccccc3-c3cncn32)CC1)c1ccc2ncccc2c1. The lowest BCUT2D eigenvalue weighted by Gasteiger charge is -2.33. The average Bonchev–Trinajstić information content (AvgIpc) is 3.50. The minimum atomic E-state index is -0.221. The van der Waals surface area contributed by atoms with Crippen molar-refractivity contribution in [2.24, 2.45) is 5.92 Å². The van der Waals surface area contributed by atoms with Crippen molar-refractivity contribution in [2.75, 3.05) is 13.1 Å². The molecule has 2 aromatic heterocycles. The number of nitrogens with zero attached hydrogens (tertiary/aromatic N) is 4. The Kier molecular flexibility index (Phi) is 5.44. The summed E-state index contributed by atoms with van der Waals surface area (Å²) in [4.78, 5) is 37.2. The number of piperidine rings is 1. The molecule has 2 aliphatic heterocycles. The van der Waals surface area contributed by atoms with E-state index in [2.05, 4.69) is 32.7 Å². The molecular formula is C29H28N4O2. The molecule has 6 nitrogen and oxygen atoms in total. The van der Waals surface area contributed by atoms with E-state index in [1.165, 1.54) is 11.1 Å². The van der Waals surface area contributed by atoms with Gasteiger partial charge in [0.1, 0.15) is 5.78 Å². The van der Waals surface area contributed by atoms with Gasteiger partial charge in [-0.1, -0.05) is 36.4 Å². The first-order chi connectivity index (χ1) is 17.1. The summed E-state index contributed by atoms with van der Waals surface area (Å²) in [5.74, 6) is 0.197. The number of Topliss-reactive ketones (excluding diaryl/α,β-unsaturated/α-hetero) is 1. The topological polar surface area (TPSA) is 68.1 Å². The number of hydrogen-bond donors (Lipinski definition) is 0. The summed E-state index contributed by atoms with van der Waals surface area (Å²) in [7, 11) is 0. The molecule has 2 unspecified atom stereocenters. The van der Waals surface area contributed by atoms with Crippen LogP contribution in [0.2, 0.25) is 0 Å². The maximum atomic E-state index is 13.3. The molecule has 2 aromatic carbocycles. The quantitative estimate of drug-likeness (QED) is 0.417. The maximum absolute atomic E-state index is 13.3. The van der Waals surface area contributed by atoms with E-state index in [1.807, 2.05) is 60.7 Å². The van der Waals surface area contributed by atoms with Crippen molar-refractivity contribution >= 4 is 22.6 Å². The second-order valence-corrected chi connectivity index (χ2v) is 9.74. The molecule has 2 atom stereocenters. The molecule has 2 aliphatic rings. The predicted octanol–water partition coefficient (Wildman–Crippen LogP) is 5.00. The van der Waals surface area contributed by atoms with Gasteiger partial charge in [-0.25, -0.2) is 4.98 Å². The third-order valence-electron chi connectivity index (χ3n) is 7.75. The Bertz CT molecular complexity index is 1420. The minimum Gasteiger partial charge on any atom is -0.342 e. The molecule has 1 fully saturated rings. The Morgan fingerprint density at radius 2 is 1.89 bits per heavy atom. The monoisotopic (exact) mass is 464 g/mol. The largest absolute Gasteiger partial charge is 0.342 e. The van der Waals surface area contributed by atoms with Crippen LogP contribution in [0.25, 0.3) is 22.2 Å². The normalized spacial score (nSPS) is 18.3. The van der Waals surface area contributed by atoms with Gasteiger partial charge in [-0.3, -0.25) is 14.6 Å². The Morgan fingerprint density at radius 3 is 2.74 bits per heavy atom. The van der Waals surface area contributed by atoms with Gasteiger partial charge in [0.2, 0.25) is 5.91 Å². The van der Waals surface area contributed by atoms with Crippen LogP contribution < -0.4 is 0 Å². The van der Waals surface area contributed by atoms with E-state index in [4.69, 9.17) is 0 Å². The van der Waals surface area contributed by atoms with Crippen LogP contribution in [0.4, 0.5) is 0 Å². The second-order valence-electron chi connectivity index (χ2n) is 9.74. The first-order valence-electron chi connectivity index (χ1n) is 12.4. The van der Waals surface area contributed by atoms with E-state index in [9.17, 15) is 9.59 Å². The van der Waals surface area contributed by atoms with Crippen molar-refractivity contribution in [1.82, 2.24) is 19.4 Å². The highest BCUT2D eigenvalue weighted by molar-refractivity contribution is 5.87. The average molecular weight is 465 g/mol. The van der Waals surface area contributed by atoms with Gasteiger partial charge < -0.3 is 9.47 Å². The molecule has 0 saturated carbocycles. The number of pyridine rings is 1. The van der Waals surface area contributed by atoms with E-state index < -0.39 is 0 Å². The van der Waals surface area contributed by atoms with Gasteiger partial charge >= 0.3 is 0 Å². The summed E-state index contributed by atoms with van der Waals surface area (Å²) in [6.45, 7) is 3.23. The van der Waals surface area contributed by atoms with Gasteiger partial charge in [-0.15, -0.1) is 0 Å². The highest BCUT2D eigenvalue weighted by atomic mass is 16.2. The zero-order chi connectivity index (χ0) is 23.9. The molecule has 176 valence electrons. The molecule has 6 heteroatoms. The number of hydrogen-bond acceptors (Lipinski definition) is 4. The summed E-state index contributed by atoms with van der Waals surface area (Å²) in [5.41, 5.74) is 5.39. The molecule has 1 amide bonds. The number of benzene rings is 2. The first-order valence-corrected chi connectivity index (χ1v) is 12.4. The summed E-state index contributed by atoms with van der Waals surface area (Å²) in [6.07, 6.45) is 7.41. The molecule has 6 rings (SSSR count). The molecule has 0 aliphatic carbocycles. The molecule has 1 saturated heterocycles. The van der Waals surface area contributed by atoms with Crippen LogP contribution >= 0.6 is 0 Å². The number of carbonyl (C=O) groups excluding carboxylic acids is 2. The zero-order valence-corrected chi connectivity index (χ0v) is 19.8. The van der Waals surface area contributed by atoms with Gasteiger partial charge in [0, 0.05) is 42.6 Å². The second kappa shape index (κ2) is 8.77. The first kappa shape index (κ1) is 21.7. The number of amides is 1. The summed E-state index contributed by atoms with van der Waals surface area (Å²) in [6, 6.07) is 18.3. The van der Waals surface area contributed by atoms with Crippen molar-refractivity contribution < 1.29 is 9.59 Å². The van der Waals surface area contributed by atoms with Crippen molar-refractivity contribution in [2.45, 2.75) is 38.1 Å². The number of likely N-dealkylation sites (tertiary alicyclic amines) is 1. The van der Waals surface area contributed by atoms with Crippen molar-refractivity contribution in [3.8, 4) is 11.3 Å². The molecule has 0 radical (unpaired) electrons. The molecule has 35 heavy (non-hydrogen) atoms. The lowest BCUT2D eigenvalue weighted by Crippen LogP contribution is -2.42. The fourth-order valence-electron chi connectivity index (χ4n) is 5.70. The molecule has 4 heterocycles. The van der Waals surface area contributed by atoms with Crippen LogP contribution in [0.3, 0.4) is 0 Å². The van der Waals surface area contributed by atoms with Crippen molar-refractivity contribution in [3.63, 3.8) is 0 Å². The highest BCUT2D eigenvalue weighted by Gasteiger charge is 2.34. The predicted molar refractivity (Wildman–Crippen MR) is 135 cm³/mol. The molecule has 4 aromatic rings. The molecular weight excluding hydrogens is 436 g/mol. The van der Waals surface area contributed by atoms with Crippen LogP contribution in [-0.2, 0) is 9.59 Å². The summed E-state index contributed by atoms with van der Waals surface area (Å²) < 4.78 is 2.13. The maximum Gasteiger partial charge on any atom is 0.229 e. The van der Waals surface area contributed by atoms with Crippen LogP contribution in [0.15, 0.2) is 73.3 Å². The third-order valence-corrected chi connectivity index (χ3v) is 7.75. The molecule has 0 spiro atoms. The Morgan fingerprint density at radius 1 is 1.06 bits per heavy atom. The minimum absolute atomic E-state index is 0.000771. The number of rotatable bonds is 5. The number of aromatic nitrogens is 3. The van der Waals surface area contributed by atoms with E-state index in [-0.39, 0.29) is 29.6 Å². The number of imidazole rings is 1. The Hall–Kier alpha value is -3.80. The number of ketones is 1. The fraction of sp³-hybridized carbons (Fsp3) is 0.310. The lowest BCUT2D eigenvalue weighted by molar-refractivity contribution is -0.136. The van der Waals surface area contributed by atoms with Crippen LogP contribution in [0.1, 0.15) is 49.3 Å². The third kappa shape index (κ3) is 3.83. The van der Waals surface area contributed by atoms with Gasteiger partial charge in [-0.2, -0.15) is 0 Å². The summed E-state index contributed by atoms with van der Waals surface area (Å²) >= 11 is 0. The van der Waals surface area contributed by atoms with E-state index in [1.54, 1.807) is 6.20 Å². The summed E-state index contributed by atoms with van der Waals surface area (Å²) in [5, 5.41) is 1.04. The molecule has 0 bridgehead atoms. The fourth-order valence-corrected chi connectivity index (χ4v) is 5.70. The lowest BCUT2D eigenvalue weighted by atomic mass is 9.87. The van der Waals surface area contributed by atoms with Crippen LogP contribution in [0, 0.1) is 5.92 Å². The van der Waals surface area contributed by atoms with Gasteiger partial charge in [-0.05, 0) is 49.1 Å². The Labute approximate surface area is 204 Å². The Balaban J connectivity index is 1.10. The number of carbonyl (C=O) groups is 2. The standard InChI is InChI=1S/C29H28N4O2/c1-19(21-8-9-25-22(15-21)5-4-12-31-25)29(35)32-13-10-20(11-14-32)28(34)16-26-23-6-2-3-7-24(23)27-17-30-18-33(26)27/h2-9,12,15,17-20,26H,10-11,13-14,16H2,1H3. The van der Waals surface area contributed by atoms with Crippen molar-refractivity contribution in [3.05, 3.63) is 84.4 Å². The van der Waals surface area contributed by atoms with E-state index in [0.29, 0.717) is 19.5 Å². The van der Waals surface area contributed by atoms with Crippen molar-refractivity contribution in [1.29, 1.82) is 0 Å². The van der Waals surface area contributed by atoms with Gasteiger partial charge in [0.15, 0.2) is 0 Å². The highest BCUT2D eigenvalue weighted by Crippen LogP contribution is 2.41. The van der Waals surface area contributed by atoms with Crippen LogP contribution in [0.5, 0.6) is 0 Å². The van der Waals surface area contributed by atoms with Gasteiger partial charge in [0.25, 0.3) is 0 Å². The van der Waals surface area contributed by atoms with E-state index in [0.717, 1.165) is 35.0 Å². The molecule has 0 N–H and O–H groups in total. The smallest absolute Gasteiger partial charge is 0.229 e. The zero-order valence-electron chi connectivity index (χ0n) is 19.8.